The van der Waals surface area contributed by atoms with Crippen molar-refractivity contribution in [1.29, 1.82) is 0 Å². The molecule has 1 rings (SSSR count). The summed E-state index contributed by atoms with van der Waals surface area (Å²) < 4.78 is 55.1. The lowest BCUT2D eigenvalue weighted by molar-refractivity contribution is -0.142. The minimum absolute atomic E-state index is 0.0329. The van der Waals surface area contributed by atoms with Gasteiger partial charge in [0.1, 0.15) is 17.1 Å². The summed E-state index contributed by atoms with van der Waals surface area (Å²) in [6, 6.07) is 1.93. The highest BCUT2D eigenvalue weighted by atomic mass is 19.4. The second-order valence-electron chi connectivity index (χ2n) is 3.72. The fraction of sp³-hybridized carbons (Fsp3) is 0.417. The molecule has 0 bridgehead atoms. The van der Waals surface area contributed by atoms with Crippen LogP contribution >= 0.6 is 0 Å². The zero-order valence-electron chi connectivity index (χ0n) is 9.68. The van der Waals surface area contributed by atoms with Crippen molar-refractivity contribution in [3.05, 3.63) is 29.6 Å². The highest BCUT2D eigenvalue weighted by Gasteiger charge is 2.35. The van der Waals surface area contributed by atoms with Crippen LogP contribution in [0.4, 0.5) is 17.6 Å². The van der Waals surface area contributed by atoms with Crippen molar-refractivity contribution >= 4 is 5.97 Å². The highest BCUT2D eigenvalue weighted by molar-refractivity contribution is 5.72. The van der Waals surface area contributed by atoms with E-state index in [1.54, 1.807) is 0 Å². The largest absolute Gasteiger partial charge is 0.426 e. The van der Waals surface area contributed by atoms with Crippen LogP contribution in [-0.2, 0) is 11.0 Å². The van der Waals surface area contributed by atoms with Crippen LogP contribution in [0, 0.1) is 5.82 Å². The quantitative estimate of drug-likeness (QED) is 0.467. The van der Waals surface area contributed by atoms with Gasteiger partial charge in [-0.25, -0.2) is 4.39 Å². The molecule has 2 nitrogen and oxygen atoms in total. The van der Waals surface area contributed by atoms with Crippen LogP contribution in [0.1, 0.15) is 31.7 Å². The fourth-order valence-corrected chi connectivity index (χ4v) is 1.31. The van der Waals surface area contributed by atoms with Gasteiger partial charge in [0, 0.05) is 6.42 Å². The van der Waals surface area contributed by atoms with Crippen molar-refractivity contribution in [2.45, 2.75) is 32.4 Å². The van der Waals surface area contributed by atoms with Gasteiger partial charge in [-0.2, -0.15) is 13.2 Å². The standard InChI is InChI=1S/C12H12F4O2/c1-2-3-4-11(17)18-10-6-5-8(13)7-9(10)12(14,15)16/h5-7H,2-4H2,1H3. The maximum atomic E-state index is 12.8. The van der Waals surface area contributed by atoms with Gasteiger partial charge in [-0.05, 0) is 24.6 Å². The third-order valence-electron chi connectivity index (χ3n) is 2.21. The Kier molecular flexibility index (Phi) is 4.69. The maximum absolute atomic E-state index is 12.8. The molecule has 18 heavy (non-hydrogen) atoms. The average molecular weight is 264 g/mol. The van der Waals surface area contributed by atoms with Crippen molar-refractivity contribution in [3.63, 3.8) is 0 Å². The Morgan fingerprint density at radius 3 is 2.56 bits per heavy atom. The Bertz CT molecular complexity index is 427. The molecule has 0 saturated carbocycles. The summed E-state index contributed by atoms with van der Waals surface area (Å²) >= 11 is 0. The first-order chi connectivity index (χ1) is 8.34. The molecule has 0 heterocycles. The molecule has 0 fully saturated rings. The van der Waals surface area contributed by atoms with Gasteiger partial charge in [-0.15, -0.1) is 0 Å². The number of alkyl halides is 3. The summed E-state index contributed by atoms with van der Waals surface area (Å²) in [6.07, 6.45) is -3.47. The van der Waals surface area contributed by atoms with Gasteiger partial charge in [0.2, 0.25) is 0 Å². The summed E-state index contributed by atoms with van der Waals surface area (Å²) in [5.74, 6) is -2.45. The second kappa shape index (κ2) is 5.84. The molecule has 6 heteroatoms. The van der Waals surface area contributed by atoms with E-state index in [1.807, 2.05) is 6.92 Å². The topological polar surface area (TPSA) is 26.3 Å². The Morgan fingerprint density at radius 2 is 2.00 bits per heavy atom. The minimum atomic E-state index is -4.76. The van der Waals surface area contributed by atoms with E-state index in [0.29, 0.717) is 12.5 Å². The van der Waals surface area contributed by atoms with Crippen LogP contribution in [0.15, 0.2) is 18.2 Å². The van der Waals surface area contributed by atoms with Gasteiger partial charge in [0.25, 0.3) is 0 Å². The number of benzene rings is 1. The number of carbonyl (C=O) groups excluding carboxylic acids is 1. The molecule has 0 atom stereocenters. The smallest absolute Gasteiger partial charge is 0.420 e. The first-order valence-corrected chi connectivity index (χ1v) is 5.42. The molecule has 0 aliphatic carbocycles. The summed E-state index contributed by atoms with van der Waals surface area (Å²) in [6.45, 7) is 1.84. The number of hydrogen-bond donors (Lipinski definition) is 0. The number of ether oxygens (including phenoxy) is 1. The summed E-state index contributed by atoms with van der Waals surface area (Å²) in [5, 5.41) is 0. The predicted octanol–water partition coefficient (Wildman–Crippen LogP) is 3.94. The lowest BCUT2D eigenvalue weighted by Crippen LogP contribution is -2.13. The van der Waals surface area contributed by atoms with Gasteiger partial charge < -0.3 is 4.74 Å². The third-order valence-corrected chi connectivity index (χ3v) is 2.21. The van der Waals surface area contributed by atoms with Gasteiger partial charge in [-0.1, -0.05) is 13.3 Å². The Labute approximate surface area is 102 Å². The van der Waals surface area contributed by atoms with E-state index < -0.39 is 29.3 Å². The normalized spacial score (nSPS) is 11.4. The lowest BCUT2D eigenvalue weighted by atomic mass is 10.2. The molecule has 0 aromatic heterocycles. The van der Waals surface area contributed by atoms with Crippen LogP contribution < -0.4 is 4.74 Å². The zero-order chi connectivity index (χ0) is 13.8. The van der Waals surface area contributed by atoms with E-state index in [2.05, 4.69) is 4.74 Å². The van der Waals surface area contributed by atoms with E-state index in [9.17, 15) is 22.4 Å². The first kappa shape index (κ1) is 14.5. The number of unbranched alkanes of at least 4 members (excludes halogenated alkanes) is 1. The third kappa shape index (κ3) is 4.01. The minimum Gasteiger partial charge on any atom is -0.426 e. The monoisotopic (exact) mass is 264 g/mol. The van der Waals surface area contributed by atoms with Crippen LogP contribution in [0.2, 0.25) is 0 Å². The zero-order valence-corrected chi connectivity index (χ0v) is 9.68. The molecule has 0 aliphatic heterocycles. The first-order valence-electron chi connectivity index (χ1n) is 5.42. The van der Waals surface area contributed by atoms with Crippen LogP contribution in [0.25, 0.3) is 0 Å². The van der Waals surface area contributed by atoms with E-state index in [-0.39, 0.29) is 6.42 Å². The van der Waals surface area contributed by atoms with Crippen LogP contribution in [0.3, 0.4) is 0 Å². The molecule has 0 saturated heterocycles. The summed E-state index contributed by atoms with van der Waals surface area (Å²) in [4.78, 5) is 11.3. The van der Waals surface area contributed by atoms with Crippen molar-refractivity contribution in [2.75, 3.05) is 0 Å². The van der Waals surface area contributed by atoms with E-state index in [4.69, 9.17) is 0 Å². The summed E-state index contributed by atoms with van der Waals surface area (Å²) in [5.41, 5.74) is -1.28. The molecule has 0 amide bonds. The van der Waals surface area contributed by atoms with E-state index >= 15 is 0 Å². The number of halogens is 4. The maximum Gasteiger partial charge on any atom is 0.420 e. The summed E-state index contributed by atoms with van der Waals surface area (Å²) in [7, 11) is 0. The predicted molar refractivity (Wildman–Crippen MR) is 56.6 cm³/mol. The Morgan fingerprint density at radius 1 is 1.33 bits per heavy atom. The molecule has 0 unspecified atom stereocenters. The van der Waals surface area contributed by atoms with Gasteiger partial charge in [0.05, 0.1) is 0 Å². The number of hydrogen-bond acceptors (Lipinski definition) is 2. The number of esters is 1. The van der Waals surface area contributed by atoms with E-state index in [1.165, 1.54) is 0 Å². The molecule has 0 spiro atoms. The van der Waals surface area contributed by atoms with Gasteiger partial charge in [0.15, 0.2) is 0 Å². The van der Waals surface area contributed by atoms with Crippen molar-refractivity contribution in [2.24, 2.45) is 0 Å². The second-order valence-corrected chi connectivity index (χ2v) is 3.72. The SMILES string of the molecule is CCCCC(=O)Oc1ccc(F)cc1C(F)(F)F. The van der Waals surface area contributed by atoms with E-state index in [0.717, 1.165) is 18.6 Å². The fourth-order valence-electron chi connectivity index (χ4n) is 1.31. The number of carbonyl (C=O) groups is 1. The highest BCUT2D eigenvalue weighted by Crippen LogP contribution is 2.36. The van der Waals surface area contributed by atoms with Crippen molar-refractivity contribution in [3.8, 4) is 5.75 Å². The Balaban J connectivity index is 2.92. The van der Waals surface area contributed by atoms with Crippen molar-refractivity contribution < 1.29 is 27.1 Å². The molecule has 0 N–H and O–H groups in total. The number of rotatable bonds is 4. The van der Waals surface area contributed by atoms with Gasteiger partial charge >= 0.3 is 12.1 Å². The molecule has 1 aromatic rings. The van der Waals surface area contributed by atoms with Crippen LogP contribution in [0.5, 0.6) is 5.75 Å². The lowest BCUT2D eigenvalue weighted by Gasteiger charge is -2.12. The van der Waals surface area contributed by atoms with Crippen LogP contribution in [-0.4, -0.2) is 5.97 Å². The molecule has 100 valence electrons. The molecule has 1 aromatic carbocycles. The molecular weight excluding hydrogens is 252 g/mol. The van der Waals surface area contributed by atoms with Gasteiger partial charge in [-0.3, -0.25) is 4.79 Å². The molecular formula is C12H12F4O2. The Hall–Kier alpha value is -1.59. The average Bonchev–Trinajstić information content (AvgIpc) is 2.27. The molecule has 0 aliphatic rings. The van der Waals surface area contributed by atoms with Crippen molar-refractivity contribution in [1.82, 2.24) is 0 Å². The molecule has 0 radical (unpaired) electrons.